The molecule has 5 heterocycles. The Bertz CT molecular complexity index is 2200. The number of fused-ring (bicyclic) bond motifs is 2. The van der Waals surface area contributed by atoms with Crippen molar-refractivity contribution in [2.45, 2.75) is 18.2 Å². The van der Waals surface area contributed by atoms with E-state index in [1.54, 1.807) is 60.1 Å². The molecule has 0 spiro atoms. The van der Waals surface area contributed by atoms with E-state index in [9.17, 15) is 31.9 Å². The molecule has 1 saturated heterocycles. The molecular weight excluding hydrogens is 601 g/mol. The fourth-order valence-electron chi connectivity index (χ4n) is 6.05. The minimum Gasteiger partial charge on any atom is -0.378 e. The SMILES string of the molecule is Cn1cc(-c2cc3nc(-c4cncn4C)n(-c4cc(N5CC(O)(C(F)(F)F)C5)c5c(c4)n(C)c(=O)n5C)c3cc2C(F)F)cn1. The molecule has 1 aliphatic rings. The summed E-state index contributed by atoms with van der Waals surface area (Å²) >= 11 is 0. The van der Waals surface area contributed by atoms with Gasteiger partial charge in [-0.3, -0.25) is 18.4 Å². The summed E-state index contributed by atoms with van der Waals surface area (Å²) in [5, 5.41) is 14.4. The molecule has 0 aliphatic carbocycles. The Morgan fingerprint density at radius 3 is 2.31 bits per heavy atom. The minimum atomic E-state index is -4.85. The van der Waals surface area contributed by atoms with E-state index in [1.165, 1.54) is 45.1 Å². The van der Waals surface area contributed by atoms with Gasteiger partial charge in [-0.1, -0.05) is 0 Å². The first kappa shape index (κ1) is 28.8. The van der Waals surface area contributed by atoms with Crippen LogP contribution in [0.1, 0.15) is 12.0 Å². The average Bonchev–Trinajstić information content (AvgIpc) is 3.72. The Morgan fingerprint density at radius 1 is 0.978 bits per heavy atom. The molecule has 6 aromatic rings. The van der Waals surface area contributed by atoms with Crippen molar-refractivity contribution in [1.82, 2.24) is 38.0 Å². The van der Waals surface area contributed by atoms with Crippen LogP contribution < -0.4 is 10.6 Å². The second-order valence-electron chi connectivity index (χ2n) is 11.4. The molecule has 16 heteroatoms. The maximum Gasteiger partial charge on any atom is 0.420 e. The number of aromatic nitrogens is 8. The normalized spacial score (nSPS) is 15.1. The lowest BCUT2D eigenvalue weighted by Crippen LogP contribution is -2.69. The van der Waals surface area contributed by atoms with Crippen molar-refractivity contribution in [3.63, 3.8) is 0 Å². The Hall–Kier alpha value is -4.99. The lowest BCUT2D eigenvalue weighted by molar-refractivity contribution is -0.267. The van der Waals surface area contributed by atoms with Crippen molar-refractivity contribution < 1.29 is 27.1 Å². The van der Waals surface area contributed by atoms with E-state index in [0.29, 0.717) is 44.8 Å². The van der Waals surface area contributed by atoms with Gasteiger partial charge in [0.1, 0.15) is 5.69 Å². The highest BCUT2D eigenvalue weighted by Crippen LogP contribution is 2.44. The number of hydrogen-bond acceptors (Lipinski definition) is 6. The zero-order valence-corrected chi connectivity index (χ0v) is 24.4. The molecule has 0 radical (unpaired) electrons. The van der Waals surface area contributed by atoms with E-state index >= 15 is 0 Å². The molecule has 1 fully saturated rings. The zero-order chi connectivity index (χ0) is 32.2. The van der Waals surface area contributed by atoms with Gasteiger partial charge >= 0.3 is 11.9 Å². The number of β-amino-alcohol motifs (C(OH)–C–C–N with tert-alkyl or cyclic N) is 1. The minimum absolute atomic E-state index is 0.250. The number of imidazole rings is 3. The van der Waals surface area contributed by atoms with Crippen LogP contribution in [0.2, 0.25) is 0 Å². The molecule has 234 valence electrons. The van der Waals surface area contributed by atoms with Gasteiger partial charge in [0.2, 0.25) is 0 Å². The first-order valence-corrected chi connectivity index (χ1v) is 13.7. The topological polar surface area (TPSA) is 104 Å². The molecule has 1 N–H and O–H groups in total. The second-order valence-corrected chi connectivity index (χ2v) is 11.4. The molecule has 0 atom stereocenters. The fraction of sp³-hybridized carbons (Fsp3) is 0.310. The van der Waals surface area contributed by atoms with E-state index in [-0.39, 0.29) is 16.8 Å². The number of nitrogens with zero attached hydrogens (tertiary/aromatic N) is 9. The van der Waals surface area contributed by atoms with Gasteiger partial charge in [0.15, 0.2) is 11.4 Å². The average molecular weight is 628 g/mol. The largest absolute Gasteiger partial charge is 0.420 e. The van der Waals surface area contributed by atoms with E-state index in [1.807, 2.05) is 0 Å². The second kappa shape index (κ2) is 9.50. The number of anilines is 1. The molecule has 0 bridgehead atoms. The molecule has 0 saturated carbocycles. The van der Waals surface area contributed by atoms with Crippen molar-refractivity contribution in [1.29, 1.82) is 0 Å². The first-order valence-electron chi connectivity index (χ1n) is 13.7. The summed E-state index contributed by atoms with van der Waals surface area (Å²) in [5.41, 5.74) is -0.312. The van der Waals surface area contributed by atoms with Gasteiger partial charge in [-0.25, -0.2) is 23.5 Å². The maximum absolute atomic E-state index is 14.6. The zero-order valence-electron chi connectivity index (χ0n) is 24.4. The van der Waals surface area contributed by atoms with E-state index in [4.69, 9.17) is 4.98 Å². The Labute approximate surface area is 251 Å². The molecule has 0 unspecified atom stereocenters. The third-order valence-electron chi connectivity index (χ3n) is 8.48. The molecule has 4 aromatic heterocycles. The van der Waals surface area contributed by atoms with Crippen molar-refractivity contribution in [3.8, 4) is 28.3 Å². The Morgan fingerprint density at radius 2 is 1.71 bits per heavy atom. The number of rotatable bonds is 5. The van der Waals surface area contributed by atoms with Crippen LogP contribution in [0.15, 0.2) is 54.0 Å². The van der Waals surface area contributed by atoms with Crippen molar-refractivity contribution in [3.05, 3.63) is 65.2 Å². The maximum atomic E-state index is 14.6. The highest BCUT2D eigenvalue weighted by Gasteiger charge is 2.61. The highest BCUT2D eigenvalue weighted by molar-refractivity contribution is 5.95. The van der Waals surface area contributed by atoms with Crippen LogP contribution >= 0.6 is 0 Å². The van der Waals surface area contributed by atoms with E-state index in [0.717, 1.165) is 0 Å². The summed E-state index contributed by atoms with van der Waals surface area (Å²) in [7, 11) is 6.46. The molecule has 45 heavy (non-hydrogen) atoms. The van der Waals surface area contributed by atoms with Crippen molar-refractivity contribution in [2.75, 3.05) is 18.0 Å². The number of hydrogen-bond donors (Lipinski definition) is 1. The van der Waals surface area contributed by atoms with Crippen LogP contribution in [0, 0.1) is 0 Å². The van der Waals surface area contributed by atoms with Gasteiger partial charge in [-0.2, -0.15) is 18.3 Å². The summed E-state index contributed by atoms with van der Waals surface area (Å²) in [6.07, 6.45) is -1.49. The first-order chi connectivity index (χ1) is 21.2. The summed E-state index contributed by atoms with van der Waals surface area (Å²) in [6, 6.07) is 6.14. The van der Waals surface area contributed by atoms with Gasteiger partial charge in [0, 0.05) is 45.5 Å². The van der Waals surface area contributed by atoms with Crippen LogP contribution in [0.5, 0.6) is 0 Å². The summed E-state index contributed by atoms with van der Waals surface area (Å²) in [4.78, 5) is 23.4. The molecule has 0 amide bonds. The summed E-state index contributed by atoms with van der Waals surface area (Å²) < 4.78 is 77.5. The smallest absolute Gasteiger partial charge is 0.378 e. The molecule has 1 aliphatic heterocycles. The monoisotopic (exact) mass is 627 g/mol. The van der Waals surface area contributed by atoms with Gasteiger partial charge < -0.3 is 14.6 Å². The van der Waals surface area contributed by atoms with Crippen LogP contribution in [0.3, 0.4) is 0 Å². The van der Waals surface area contributed by atoms with Crippen LogP contribution in [0.25, 0.3) is 50.4 Å². The van der Waals surface area contributed by atoms with Crippen molar-refractivity contribution in [2.24, 2.45) is 28.2 Å². The number of aliphatic hydroxyl groups is 1. The van der Waals surface area contributed by atoms with Gasteiger partial charge in [0.25, 0.3) is 6.43 Å². The lowest BCUT2D eigenvalue weighted by atomic mass is 9.92. The predicted octanol–water partition coefficient (Wildman–Crippen LogP) is 4.07. The van der Waals surface area contributed by atoms with Crippen LogP contribution in [0.4, 0.5) is 27.6 Å². The Balaban J connectivity index is 1.53. The number of aryl methyl sites for hydroxylation is 4. The molecule has 11 nitrogen and oxygen atoms in total. The molecular formula is C29H26F5N9O2. The van der Waals surface area contributed by atoms with Gasteiger partial charge in [-0.05, 0) is 29.8 Å². The number of halogens is 5. The number of alkyl halides is 5. The van der Waals surface area contributed by atoms with E-state index < -0.39 is 37.0 Å². The summed E-state index contributed by atoms with van der Waals surface area (Å²) in [6.45, 7) is -1.50. The van der Waals surface area contributed by atoms with Crippen molar-refractivity contribution >= 4 is 27.8 Å². The lowest BCUT2D eigenvalue weighted by Gasteiger charge is -2.48. The summed E-state index contributed by atoms with van der Waals surface area (Å²) in [5.74, 6) is 0.329. The van der Waals surface area contributed by atoms with Crippen LogP contribution in [-0.4, -0.2) is 68.0 Å². The Kier molecular flexibility index (Phi) is 6.07. The third-order valence-corrected chi connectivity index (χ3v) is 8.48. The van der Waals surface area contributed by atoms with E-state index in [2.05, 4.69) is 10.1 Å². The quantitative estimate of drug-likeness (QED) is 0.289. The molecule has 7 rings (SSSR count). The van der Waals surface area contributed by atoms with Gasteiger partial charge in [-0.15, -0.1) is 0 Å². The van der Waals surface area contributed by atoms with Crippen LogP contribution in [-0.2, 0) is 28.2 Å². The third kappa shape index (κ3) is 4.18. The fourth-order valence-corrected chi connectivity index (χ4v) is 6.05. The standard InChI is InChI=1S/C29H26F5N9O2/c1-38-14-35-10-23(38)26-37-19-7-17(15-9-36-39(2)11-15)18(25(30)31)8-20(19)43(26)16-5-21-24(41(4)27(44)40(21)3)22(6-16)42-12-28(45,13-42)29(32,33)34/h5-11,14,25,45H,12-13H2,1-4H3. The number of benzene rings is 2. The highest BCUT2D eigenvalue weighted by atomic mass is 19.4. The predicted molar refractivity (Wildman–Crippen MR) is 155 cm³/mol. The van der Waals surface area contributed by atoms with Gasteiger partial charge in [0.05, 0.1) is 65.3 Å². The molecule has 2 aromatic carbocycles.